The molecule has 3 heteroatoms. The summed E-state index contributed by atoms with van der Waals surface area (Å²) >= 11 is 0. The van der Waals surface area contributed by atoms with Crippen molar-refractivity contribution >= 4 is 5.78 Å². The quantitative estimate of drug-likeness (QED) is 0.556. The third-order valence-electron chi connectivity index (χ3n) is 2.59. The van der Waals surface area contributed by atoms with Crippen LogP contribution in [0.5, 0.6) is 0 Å². The first kappa shape index (κ1) is 12.6. The second-order valence-corrected chi connectivity index (χ2v) is 3.68. The van der Waals surface area contributed by atoms with Gasteiger partial charge in [-0.05, 0) is 12.3 Å². The number of carbonyl (C=O) groups excluding carboxylic acids is 1. The fourth-order valence-corrected chi connectivity index (χ4v) is 1.45. The summed E-state index contributed by atoms with van der Waals surface area (Å²) in [7, 11) is 0. The van der Waals surface area contributed by atoms with Crippen LogP contribution in [0.25, 0.3) is 0 Å². The zero-order valence-corrected chi connectivity index (χ0v) is 9.34. The van der Waals surface area contributed by atoms with Crippen LogP contribution in [0.4, 0.5) is 8.78 Å². The Hall–Kier alpha value is -1.51. The minimum absolute atomic E-state index is 0.311. The lowest BCUT2D eigenvalue weighted by molar-refractivity contribution is 0.101. The molecule has 0 aromatic heterocycles. The molecular formula is C13H14F2O. The molecule has 0 radical (unpaired) electrons. The molecule has 0 N–H and O–H groups in total. The van der Waals surface area contributed by atoms with E-state index in [1.807, 2.05) is 0 Å². The summed E-state index contributed by atoms with van der Waals surface area (Å²) in [6.45, 7) is 3.42. The number of carbonyl (C=O) groups is 1. The predicted octanol–water partition coefficient (Wildman–Crippen LogP) is 4.07. The Morgan fingerprint density at radius 2 is 1.81 bits per heavy atom. The Morgan fingerprint density at radius 1 is 1.25 bits per heavy atom. The minimum atomic E-state index is -1.87. The zero-order chi connectivity index (χ0) is 12.1. The molecule has 0 saturated heterocycles. The summed E-state index contributed by atoms with van der Waals surface area (Å²) < 4.78 is 25.5. The van der Waals surface area contributed by atoms with Crippen LogP contribution in [0, 0.1) is 5.92 Å². The zero-order valence-electron chi connectivity index (χ0n) is 9.34. The van der Waals surface area contributed by atoms with Crippen LogP contribution in [0.15, 0.2) is 42.0 Å². The lowest BCUT2D eigenvalue weighted by Gasteiger charge is -2.11. The van der Waals surface area contributed by atoms with Crippen LogP contribution < -0.4 is 0 Å². The van der Waals surface area contributed by atoms with E-state index in [1.165, 1.54) is 0 Å². The van der Waals surface area contributed by atoms with Crippen LogP contribution in [-0.4, -0.2) is 5.78 Å². The largest absolute Gasteiger partial charge is 0.289 e. The summed E-state index contributed by atoms with van der Waals surface area (Å²) in [5.74, 6) is -0.993. The number of Topliss-reactive ketones (excluding diaryl/α,β-unsaturated/α-hetero) is 1. The van der Waals surface area contributed by atoms with E-state index in [4.69, 9.17) is 0 Å². The van der Waals surface area contributed by atoms with Gasteiger partial charge in [0.25, 0.3) is 6.08 Å². The molecule has 0 spiro atoms. The smallest absolute Gasteiger partial charge is 0.277 e. The highest BCUT2D eigenvalue weighted by Crippen LogP contribution is 2.24. The van der Waals surface area contributed by atoms with E-state index in [0.717, 1.165) is 0 Å². The number of allylic oxidation sites excluding steroid dienone is 1. The molecule has 1 aromatic carbocycles. The maximum atomic E-state index is 12.7. The molecule has 0 aliphatic rings. The van der Waals surface area contributed by atoms with E-state index in [9.17, 15) is 13.6 Å². The maximum Gasteiger partial charge on any atom is 0.277 e. The lowest BCUT2D eigenvalue weighted by atomic mass is 9.92. The van der Waals surface area contributed by atoms with Gasteiger partial charge in [-0.3, -0.25) is 4.79 Å². The van der Waals surface area contributed by atoms with Gasteiger partial charge >= 0.3 is 0 Å². The van der Waals surface area contributed by atoms with Crippen LogP contribution in [0.2, 0.25) is 0 Å². The second kappa shape index (κ2) is 5.54. The average Bonchev–Trinajstić information content (AvgIpc) is 2.29. The molecule has 0 fully saturated rings. The van der Waals surface area contributed by atoms with Crippen molar-refractivity contribution in [1.29, 1.82) is 0 Å². The molecule has 1 aromatic rings. The molecule has 1 rings (SSSR count). The lowest BCUT2D eigenvalue weighted by Crippen LogP contribution is -2.11. The van der Waals surface area contributed by atoms with E-state index in [-0.39, 0.29) is 5.57 Å². The highest BCUT2D eigenvalue weighted by Gasteiger charge is 2.22. The number of benzene rings is 1. The van der Waals surface area contributed by atoms with Crippen LogP contribution >= 0.6 is 0 Å². The maximum absolute atomic E-state index is 12.7. The van der Waals surface area contributed by atoms with Crippen molar-refractivity contribution in [3.05, 3.63) is 47.5 Å². The van der Waals surface area contributed by atoms with Crippen LogP contribution in [-0.2, 0) is 0 Å². The average molecular weight is 224 g/mol. The number of ketones is 1. The first-order chi connectivity index (χ1) is 7.57. The molecular weight excluding hydrogens is 210 g/mol. The van der Waals surface area contributed by atoms with Crippen molar-refractivity contribution in [1.82, 2.24) is 0 Å². The van der Waals surface area contributed by atoms with Gasteiger partial charge in [0, 0.05) is 5.56 Å². The third-order valence-corrected chi connectivity index (χ3v) is 2.59. The Balaban J connectivity index is 3.08. The summed E-state index contributed by atoms with van der Waals surface area (Å²) in [6.07, 6.45) is -1.35. The third kappa shape index (κ3) is 2.75. The first-order valence-corrected chi connectivity index (χ1v) is 5.22. The van der Waals surface area contributed by atoms with Crippen LogP contribution in [0.1, 0.15) is 30.6 Å². The Morgan fingerprint density at radius 3 is 2.25 bits per heavy atom. The van der Waals surface area contributed by atoms with Crippen molar-refractivity contribution in [3.8, 4) is 0 Å². The normalized spacial score (nSPS) is 12.0. The van der Waals surface area contributed by atoms with Crippen molar-refractivity contribution < 1.29 is 13.6 Å². The first-order valence-electron chi connectivity index (χ1n) is 5.22. The fourth-order valence-electron chi connectivity index (χ4n) is 1.45. The SMILES string of the molecule is CCC(C)C(C(=O)c1ccccc1)=C(F)F. The Kier molecular flexibility index (Phi) is 4.35. The van der Waals surface area contributed by atoms with E-state index >= 15 is 0 Å². The van der Waals surface area contributed by atoms with Gasteiger partial charge in [0.1, 0.15) is 0 Å². The molecule has 1 atom stereocenters. The van der Waals surface area contributed by atoms with Crippen LogP contribution in [0.3, 0.4) is 0 Å². The Bertz CT molecular complexity index is 392. The predicted molar refractivity (Wildman–Crippen MR) is 59.5 cm³/mol. The van der Waals surface area contributed by atoms with Gasteiger partial charge in [-0.25, -0.2) is 0 Å². The molecule has 0 heterocycles. The fraction of sp³-hybridized carbons (Fsp3) is 0.308. The van der Waals surface area contributed by atoms with Gasteiger partial charge in [-0.2, -0.15) is 8.78 Å². The van der Waals surface area contributed by atoms with Gasteiger partial charge < -0.3 is 0 Å². The van der Waals surface area contributed by atoms with Crippen molar-refractivity contribution in [2.75, 3.05) is 0 Å². The molecule has 16 heavy (non-hydrogen) atoms. The number of rotatable bonds is 4. The highest BCUT2D eigenvalue weighted by molar-refractivity contribution is 6.09. The molecule has 0 saturated carbocycles. The van der Waals surface area contributed by atoms with E-state index < -0.39 is 17.8 Å². The van der Waals surface area contributed by atoms with E-state index in [2.05, 4.69) is 0 Å². The molecule has 0 bridgehead atoms. The number of hydrogen-bond acceptors (Lipinski definition) is 1. The van der Waals surface area contributed by atoms with Crippen molar-refractivity contribution in [3.63, 3.8) is 0 Å². The second-order valence-electron chi connectivity index (χ2n) is 3.68. The molecule has 1 nitrogen and oxygen atoms in total. The molecule has 1 unspecified atom stereocenters. The highest BCUT2D eigenvalue weighted by atomic mass is 19.3. The van der Waals surface area contributed by atoms with E-state index in [0.29, 0.717) is 12.0 Å². The van der Waals surface area contributed by atoms with Gasteiger partial charge in [-0.15, -0.1) is 0 Å². The molecule has 0 aliphatic heterocycles. The standard InChI is InChI=1S/C13H14F2O/c1-3-9(2)11(13(14)15)12(16)10-7-5-4-6-8-10/h4-9H,3H2,1-2H3. The topological polar surface area (TPSA) is 17.1 Å². The molecule has 0 amide bonds. The van der Waals surface area contributed by atoms with Gasteiger partial charge in [0.05, 0.1) is 5.57 Å². The minimum Gasteiger partial charge on any atom is -0.289 e. The summed E-state index contributed by atoms with van der Waals surface area (Å²) in [5.41, 5.74) is -0.0562. The molecule has 0 aliphatic carbocycles. The summed E-state index contributed by atoms with van der Waals surface area (Å²) in [4.78, 5) is 11.8. The van der Waals surface area contributed by atoms with Crippen molar-refractivity contribution in [2.45, 2.75) is 20.3 Å². The van der Waals surface area contributed by atoms with Gasteiger partial charge in [0.2, 0.25) is 0 Å². The molecule has 86 valence electrons. The summed E-state index contributed by atoms with van der Waals surface area (Å²) in [5, 5.41) is 0. The summed E-state index contributed by atoms with van der Waals surface area (Å²) in [6, 6.07) is 8.17. The Labute approximate surface area is 93.8 Å². The van der Waals surface area contributed by atoms with Gasteiger partial charge in [0.15, 0.2) is 5.78 Å². The van der Waals surface area contributed by atoms with Crippen molar-refractivity contribution in [2.24, 2.45) is 5.92 Å². The van der Waals surface area contributed by atoms with E-state index in [1.54, 1.807) is 44.2 Å². The van der Waals surface area contributed by atoms with Gasteiger partial charge in [-0.1, -0.05) is 44.2 Å². The number of halogens is 2. The monoisotopic (exact) mass is 224 g/mol. The number of hydrogen-bond donors (Lipinski definition) is 0.